The number of hydrogen-bond acceptors (Lipinski definition) is 12. The fourth-order valence-electron chi connectivity index (χ4n) is 6.49. The summed E-state index contributed by atoms with van der Waals surface area (Å²) in [5, 5.41) is 43.1. The van der Waals surface area contributed by atoms with Gasteiger partial charge < -0.3 is 48.8 Å². The smallest absolute Gasteiger partial charge is 0.231 e. The molecule has 7 rings (SSSR count). The molecule has 240 valence electrons. The molecule has 3 aliphatic rings. The molecule has 1 fully saturated rings. The van der Waals surface area contributed by atoms with Crippen molar-refractivity contribution in [3.05, 3.63) is 82.9 Å². The average Bonchev–Trinajstić information content (AvgIpc) is 3.72. The van der Waals surface area contributed by atoms with E-state index in [1.165, 1.54) is 14.2 Å². The van der Waals surface area contributed by atoms with Crippen LogP contribution in [0.25, 0.3) is 0 Å². The van der Waals surface area contributed by atoms with E-state index < -0.39 is 12.1 Å². The predicted octanol–water partition coefficient (Wildman–Crippen LogP) is 4.48. The van der Waals surface area contributed by atoms with Crippen LogP contribution in [0.5, 0.6) is 57.5 Å². The number of fused-ring (bicyclic) bond motifs is 2. The topological polar surface area (TPSA) is 143 Å². The molecular weight excluding hydrogens is 596 g/mol. The SMILES string of the molecule is COc1cc([C@H](c2cc3c(cc2O)OCO3)N2CCN([C@@H](c3ccc(O)c(OC)c3)c3cc4c(cc3O)OCO4)CC2)ccc1O. The maximum Gasteiger partial charge on any atom is 0.231 e. The fourth-order valence-corrected chi connectivity index (χ4v) is 6.49. The van der Waals surface area contributed by atoms with Crippen LogP contribution in [0.3, 0.4) is 0 Å². The predicted molar refractivity (Wildman–Crippen MR) is 165 cm³/mol. The van der Waals surface area contributed by atoms with E-state index >= 15 is 0 Å². The second kappa shape index (κ2) is 12.0. The van der Waals surface area contributed by atoms with E-state index in [0.29, 0.717) is 71.8 Å². The minimum absolute atomic E-state index is 0.0143. The Labute approximate surface area is 265 Å². The zero-order valence-electron chi connectivity index (χ0n) is 25.3. The molecule has 0 radical (unpaired) electrons. The van der Waals surface area contributed by atoms with Crippen LogP contribution < -0.4 is 28.4 Å². The summed E-state index contributed by atoms with van der Waals surface area (Å²) in [6.07, 6.45) is 0. The first-order valence-electron chi connectivity index (χ1n) is 14.8. The third kappa shape index (κ3) is 5.25. The Hall–Kier alpha value is -5.20. The van der Waals surface area contributed by atoms with Crippen LogP contribution in [0.15, 0.2) is 60.7 Å². The molecule has 0 aliphatic carbocycles. The van der Waals surface area contributed by atoms with Gasteiger partial charge in [0, 0.05) is 49.4 Å². The van der Waals surface area contributed by atoms with Crippen LogP contribution in [0, 0.1) is 0 Å². The van der Waals surface area contributed by atoms with E-state index in [4.69, 9.17) is 28.4 Å². The van der Waals surface area contributed by atoms with Gasteiger partial charge in [-0.1, -0.05) is 12.1 Å². The van der Waals surface area contributed by atoms with Crippen molar-refractivity contribution in [1.29, 1.82) is 0 Å². The molecule has 0 spiro atoms. The first kappa shape index (κ1) is 29.5. The first-order chi connectivity index (χ1) is 22.3. The summed E-state index contributed by atoms with van der Waals surface area (Å²) in [5.41, 5.74) is 2.87. The highest BCUT2D eigenvalue weighted by molar-refractivity contribution is 5.57. The van der Waals surface area contributed by atoms with E-state index in [-0.39, 0.29) is 36.6 Å². The second-order valence-corrected chi connectivity index (χ2v) is 11.3. The highest BCUT2D eigenvalue weighted by atomic mass is 16.7. The van der Waals surface area contributed by atoms with Gasteiger partial charge in [0.1, 0.15) is 11.5 Å². The van der Waals surface area contributed by atoms with Gasteiger partial charge in [-0.25, -0.2) is 0 Å². The third-order valence-corrected chi connectivity index (χ3v) is 8.75. The van der Waals surface area contributed by atoms with Crippen molar-refractivity contribution in [3.63, 3.8) is 0 Å². The van der Waals surface area contributed by atoms with E-state index in [1.807, 2.05) is 12.1 Å². The number of benzene rings is 4. The molecule has 1 saturated heterocycles. The van der Waals surface area contributed by atoms with Crippen LogP contribution in [-0.2, 0) is 0 Å². The molecule has 46 heavy (non-hydrogen) atoms. The highest BCUT2D eigenvalue weighted by Crippen LogP contribution is 2.47. The number of rotatable bonds is 8. The van der Waals surface area contributed by atoms with Crippen LogP contribution in [0.2, 0.25) is 0 Å². The largest absolute Gasteiger partial charge is 0.507 e. The lowest BCUT2D eigenvalue weighted by Gasteiger charge is -2.43. The van der Waals surface area contributed by atoms with Crippen molar-refractivity contribution in [2.24, 2.45) is 0 Å². The number of aromatic hydroxyl groups is 4. The normalized spacial score (nSPS) is 17.1. The van der Waals surface area contributed by atoms with E-state index in [0.717, 1.165) is 11.1 Å². The molecule has 4 aromatic carbocycles. The summed E-state index contributed by atoms with van der Waals surface area (Å²) < 4.78 is 33.1. The Morgan fingerprint density at radius 2 is 0.891 bits per heavy atom. The Morgan fingerprint density at radius 3 is 1.26 bits per heavy atom. The Kier molecular flexibility index (Phi) is 7.67. The van der Waals surface area contributed by atoms with Crippen molar-refractivity contribution in [3.8, 4) is 57.5 Å². The standard InChI is InChI=1S/C34H34N2O10/c1-41-27-11-19(3-5-23(27)37)33(21-13-29-31(15-25(21)39)45-17-43-29)35-7-9-36(10-8-35)34(20-4-6-24(38)28(12-20)42-2)22-14-30-32(16-26(22)40)46-18-44-30/h3-6,11-16,33-34,37-40H,7-10,17-18H2,1-2H3/t33-,34+. The molecule has 4 aromatic rings. The van der Waals surface area contributed by atoms with Crippen LogP contribution in [0.4, 0.5) is 0 Å². The lowest BCUT2D eigenvalue weighted by molar-refractivity contribution is 0.0881. The number of methoxy groups -OCH3 is 2. The number of ether oxygens (including phenoxy) is 6. The average molecular weight is 631 g/mol. The molecule has 3 heterocycles. The monoisotopic (exact) mass is 630 g/mol. The van der Waals surface area contributed by atoms with Gasteiger partial charge in [0.15, 0.2) is 46.0 Å². The molecule has 3 aliphatic heterocycles. The lowest BCUT2D eigenvalue weighted by Crippen LogP contribution is -2.49. The maximum absolute atomic E-state index is 11.2. The van der Waals surface area contributed by atoms with Crippen LogP contribution in [0.1, 0.15) is 34.3 Å². The van der Waals surface area contributed by atoms with Crippen LogP contribution >= 0.6 is 0 Å². The first-order valence-corrected chi connectivity index (χ1v) is 14.8. The van der Waals surface area contributed by atoms with E-state index in [9.17, 15) is 20.4 Å². The second-order valence-electron chi connectivity index (χ2n) is 11.3. The summed E-state index contributed by atoms with van der Waals surface area (Å²) in [7, 11) is 2.99. The Balaban J connectivity index is 1.25. The van der Waals surface area contributed by atoms with Gasteiger partial charge in [-0.15, -0.1) is 0 Å². The number of nitrogens with zero attached hydrogens (tertiary/aromatic N) is 2. The third-order valence-electron chi connectivity index (χ3n) is 8.75. The molecular formula is C34H34N2O10. The van der Waals surface area contributed by atoms with E-state index in [2.05, 4.69) is 9.80 Å². The van der Waals surface area contributed by atoms with Gasteiger partial charge in [-0.2, -0.15) is 0 Å². The Morgan fingerprint density at radius 1 is 0.522 bits per heavy atom. The molecule has 12 nitrogen and oxygen atoms in total. The lowest BCUT2D eigenvalue weighted by atomic mass is 9.92. The van der Waals surface area contributed by atoms with Crippen molar-refractivity contribution >= 4 is 0 Å². The molecule has 0 aromatic heterocycles. The summed E-state index contributed by atoms with van der Waals surface area (Å²) >= 11 is 0. The number of phenolic OH excluding ortho intramolecular Hbond substituents is 4. The van der Waals surface area contributed by atoms with Gasteiger partial charge in [-0.05, 0) is 47.5 Å². The molecule has 0 saturated carbocycles. The van der Waals surface area contributed by atoms with E-state index in [1.54, 1.807) is 48.5 Å². The Bertz CT molecular complexity index is 1640. The van der Waals surface area contributed by atoms with Crippen LogP contribution in [-0.4, -0.2) is 84.2 Å². The minimum Gasteiger partial charge on any atom is -0.507 e. The molecule has 0 bridgehead atoms. The molecule has 12 heteroatoms. The number of piperazine rings is 1. The minimum atomic E-state index is -0.419. The number of phenols is 4. The maximum atomic E-state index is 11.2. The van der Waals surface area contributed by atoms with Gasteiger partial charge in [0.05, 0.1) is 26.3 Å². The zero-order chi connectivity index (χ0) is 31.9. The summed E-state index contributed by atoms with van der Waals surface area (Å²) in [5.74, 6) is 2.82. The molecule has 0 amide bonds. The van der Waals surface area contributed by atoms with Crippen molar-refractivity contribution in [2.45, 2.75) is 12.1 Å². The zero-order valence-corrected chi connectivity index (χ0v) is 25.3. The fraction of sp³-hybridized carbons (Fsp3) is 0.294. The molecule has 4 N–H and O–H groups in total. The number of hydrogen-bond donors (Lipinski definition) is 4. The highest BCUT2D eigenvalue weighted by Gasteiger charge is 2.35. The van der Waals surface area contributed by atoms with Gasteiger partial charge in [0.2, 0.25) is 13.6 Å². The quantitative estimate of drug-likeness (QED) is 0.218. The van der Waals surface area contributed by atoms with Crippen molar-refractivity contribution in [1.82, 2.24) is 9.80 Å². The molecule has 0 unspecified atom stereocenters. The van der Waals surface area contributed by atoms with Gasteiger partial charge in [-0.3, -0.25) is 9.80 Å². The van der Waals surface area contributed by atoms with Crippen molar-refractivity contribution < 1.29 is 48.8 Å². The summed E-state index contributed by atoms with van der Waals surface area (Å²) in [4.78, 5) is 4.49. The van der Waals surface area contributed by atoms with Crippen molar-refractivity contribution in [2.75, 3.05) is 54.0 Å². The summed E-state index contributed by atoms with van der Waals surface area (Å²) in [6, 6.07) is 16.2. The molecule has 2 atom stereocenters. The van der Waals surface area contributed by atoms with Gasteiger partial charge in [0.25, 0.3) is 0 Å². The summed E-state index contributed by atoms with van der Waals surface area (Å²) in [6.45, 7) is 2.42. The van der Waals surface area contributed by atoms with Gasteiger partial charge >= 0.3 is 0 Å².